The molecule has 5 nitrogen and oxygen atoms in total. The fourth-order valence-electron chi connectivity index (χ4n) is 2.17. The van der Waals surface area contributed by atoms with Crippen LogP contribution in [0.2, 0.25) is 5.02 Å². The number of hydrogen-bond acceptors (Lipinski definition) is 4. The molecule has 0 radical (unpaired) electrons. The SMILES string of the molecule is COC[C@H](C)Oc1c(N)cc(C#N)n1Cc1ccc(Cl)cc1. The smallest absolute Gasteiger partial charge is 0.219 e. The molecule has 0 aliphatic rings. The van der Waals surface area contributed by atoms with Crippen molar-refractivity contribution in [3.05, 3.63) is 46.6 Å². The summed E-state index contributed by atoms with van der Waals surface area (Å²) >= 11 is 5.89. The van der Waals surface area contributed by atoms with Crippen molar-refractivity contribution in [3.63, 3.8) is 0 Å². The minimum Gasteiger partial charge on any atom is -0.472 e. The number of rotatable bonds is 6. The van der Waals surface area contributed by atoms with Gasteiger partial charge >= 0.3 is 0 Å². The van der Waals surface area contributed by atoms with Gasteiger partial charge in [-0.2, -0.15) is 5.26 Å². The van der Waals surface area contributed by atoms with Crippen LogP contribution < -0.4 is 10.5 Å². The maximum Gasteiger partial charge on any atom is 0.219 e. The zero-order valence-corrected chi connectivity index (χ0v) is 13.3. The van der Waals surface area contributed by atoms with E-state index in [1.165, 1.54) is 0 Å². The van der Waals surface area contributed by atoms with E-state index >= 15 is 0 Å². The van der Waals surface area contributed by atoms with Gasteiger partial charge in [0.25, 0.3) is 0 Å². The van der Waals surface area contributed by atoms with Crippen LogP contribution >= 0.6 is 11.6 Å². The molecule has 0 aliphatic carbocycles. The van der Waals surface area contributed by atoms with E-state index in [4.69, 9.17) is 26.8 Å². The van der Waals surface area contributed by atoms with Crippen LogP contribution in [0.15, 0.2) is 30.3 Å². The molecule has 22 heavy (non-hydrogen) atoms. The van der Waals surface area contributed by atoms with E-state index < -0.39 is 0 Å². The molecule has 0 saturated carbocycles. The van der Waals surface area contributed by atoms with Gasteiger partial charge in [0, 0.05) is 18.2 Å². The van der Waals surface area contributed by atoms with E-state index in [0.717, 1.165) is 5.56 Å². The number of nitrogen functional groups attached to an aromatic ring is 1. The molecule has 2 rings (SSSR count). The van der Waals surface area contributed by atoms with Gasteiger partial charge in [-0.15, -0.1) is 0 Å². The van der Waals surface area contributed by atoms with E-state index in [-0.39, 0.29) is 6.10 Å². The third-order valence-electron chi connectivity index (χ3n) is 3.16. The van der Waals surface area contributed by atoms with Crippen LogP contribution in [0.1, 0.15) is 18.2 Å². The van der Waals surface area contributed by atoms with Crippen molar-refractivity contribution in [2.24, 2.45) is 0 Å². The molecule has 1 atom stereocenters. The molecule has 116 valence electrons. The lowest BCUT2D eigenvalue weighted by Crippen LogP contribution is -2.20. The molecule has 0 fully saturated rings. The molecular formula is C16H18ClN3O2. The maximum atomic E-state index is 9.29. The van der Waals surface area contributed by atoms with E-state index in [1.54, 1.807) is 17.7 Å². The third kappa shape index (κ3) is 3.73. The van der Waals surface area contributed by atoms with Crippen LogP contribution in [0, 0.1) is 11.3 Å². The zero-order chi connectivity index (χ0) is 16.1. The Morgan fingerprint density at radius 3 is 2.64 bits per heavy atom. The quantitative estimate of drug-likeness (QED) is 0.888. The summed E-state index contributed by atoms with van der Waals surface area (Å²) < 4.78 is 12.7. The van der Waals surface area contributed by atoms with E-state index in [9.17, 15) is 5.26 Å². The highest BCUT2D eigenvalue weighted by molar-refractivity contribution is 6.30. The summed E-state index contributed by atoms with van der Waals surface area (Å²) in [4.78, 5) is 0. The third-order valence-corrected chi connectivity index (χ3v) is 3.41. The number of halogens is 1. The van der Waals surface area contributed by atoms with Crippen LogP contribution in [-0.2, 0) is 11.3 Å². The number of aromatic nitrogens is 1. The van der Waals surface area contributed by atoms with Crippen LogP contribution in [0.3, 0.4) is 0 Å². The summed E-state index contributed by atoms with van der Waals surface area (Å²) in [7, 11) is 1.61. The van der Waals surface area contributed by atoms with Crippen molar-refractivity contribution in [2.45, 2.75) is 19.6 Å². The van der Waals surface area contributed by atoms with Gasteiger partial charge < -0.3 is 15.2 Å². The van der Waals surface area contributed by atoms with E-state index in [0.29, 0.717) is 35.4 Å². The van der Waals surface area contributed by atoms with Crippen molar-refractivity contribution in [3.8, 4) is 11.9 Å². The number of nitrogens with two attached hydrogens (primary N) is 1. The summed E-state index contributed by atoms with van der Waals surface area (Å²) in [6.45, 7) is 2.80. The van der Waals surface area contributed by atoms with Gasteiger partial charge in [-0.25, -0.2) is 0 Å². The summed E-state index contributed by atoms with van der Waals surface area (Å²) in [6, 6.07) is 11.2. The lowest BCUT2D eigenvalue weighted by molar-refractivity contribution is 0.0869. The fourth-order valence-corrected chi connectivity index (χ4v) is 2.29. The lowest BCUT2D eigenvalue weighted by Gasteiger charge is -2.17. The summed E-state index contributed by atoms with van der Waals surface area (Å²) in [5.74, 6) is 0.482. The van der Waals surface area contributed by atoms with Gasteiger partial charge in [0.1, 0.15) is 17.9 Å². The first kappa shape index (κ1) is 16.2. The number of methoxy groups -OCH3 is 1. The van der Waals surface area contributed by atoms with Crippen LogP contribution in [0.25, 0.3) is 0 Å². The molecule has 0 unspecified atom stereocenters. The second-order valence-electron chi connectivity index (χ2n) is 5.00. The van der Waals surface area contributed by atoms with E-state index in [2.05, 4.69) is 6.07 Å². The van der Waals surface area contributed by atoms with Crippen molar-refractivity contribution in [1.82, 2.24) is 4.57 Å². The van der Waals surface area contributed by atoms with Gasteiger partial charge in [0.05, 0.1) is 18.8 Å². The average Bonchev–Trinajstić information content (AvgIpc) is 2.78. The molecule has 1 heterocycles. The molecule has 6 heteroatoms. The molecule has 2 aromatic rings. The van der Waals surface area contributed by atoms with Crippen LogP contribution in [0.4, 0.5) is 5.69 Å². The first-order valence-corrected chi connectivity index (χ1v) is 7.22. The monoisotopic (exact) mass is 319 g/mol. The lowest BCUT2D eigenvalue weighted by atomic mass is 10.2. The Kier molecular flexibility index (Phi) is 5.31. The number of anilines is 1. The van der Waals surface area contributed by atoms with Gasteiger partial charge in [-0.1, -0.05) is 23.7 Å². The Morgan fingerprint density at radius 2 is 2.05 bits per heavy atom. The molecule has 0 saturated heterocycles. The average molecular weight is 320 g/mol. The molecule has 0 spiro atoms. The minimum atomic E-state index is -0.169. The van der Waals surface area contributed by atoms with Crippen LogP contribution in [0.5, 0.6) is 5.88 Å². The number of nitriles is 1. The molecule has 0 amide bonds. The standard InChI is InChI=1S/C16H18ClN3O2/c1-11(10-21-2)22-16-15(19)7-14(8-18)20(16)9-12-3-5-13(17)6-4-12/h3-7,11H,9-10,19H2,1-2H3/t11-/m0/s1. The Bertz CT molecular complexity index is 674. The highest BCUT2D eigenvalue weighted by Gasteiger charge is 2.17. The molecule has 0 bridgehead atoms. The highest BCUT2D eigenvalue weighted by Crippen LogP contribution is 2.28. The largest absolute Gasteiger partial charge is 0.472 e. The van der Waals surface area contributed by atoms with Crippen LogP contribution in [-0.4, -0.2) is 24.4 Å². The Hall–Kier alpha value is -2.16. The van der Waals surface area contributed by atoms with Crippen molar-refractivity contribution in [2.75, 3.05) is 19.5 Å². The van der Waals surface area contributed by atoms with Crippen molar-refractivity contribution < 1.29 is 9.47 Å². The Morgan fingerprint density at radius 1 is 1.36 bits per heavy atom. The second kappa shape index (κ2) is 7.21. The van der Waals surface area contributed by atoms with Gasteiger partial charge in [0.15, 0.2) is 0 Å². The number of benzene rings is 1. The topological polar surface area (TPSA) is 73.2 Å². The summed E-state index contributed by atoms with van der Waals surface area (Å²) in [6.07, 6.45) is -0.169. The highest BCUT2D eigenvalue weighted by atomic mass is 35.5. The summed E-state index contributed by atoms with van der Waals surface area (Å²) in [5.41, 5.74) is 7.87. The molecule has 1 aromatic carbocycles. The summed E-state index contributed by atoms with van der Waals surface area (Å²) in [5, 5.41) is 9.96. The minimum absolute atomic E-state index is 0.169. The van der Waals surface area contributed by atoms with Crippen molar-refractivity contribution >= 4 is 17.3 Å². The molecule has 0 aliphatic heterocycles. The van der Waals surface area contributed by atoms with E-state index in [1.807, 2.05) is 31.2 Å². The number of nitrogens with zero attached hydrogens (tertiary/aromatic N) is 2. The molecule has 1 aromatic heterocycles. The molecular weight excluding hydrogens is 302 g/mol. The fraction of sp³-hybridized carbons (Fsp3) is 0.312. The second-order valence-corrected chi connectivity index (χ2v) is 5.43. The first-order valence-electron chi connectivity index (χ1n) is 6.84. The number of hydrogen-bond donors (Lipinski definition) is 1. The number of ether oxygens (including phenoxy) is 2. The van der Waals surface area contributed by atoms with Gasteiger partial charge in [0.2, 0.25) is 5.88 Å². The zero-order valence-electron chi connectivity index (χ0n) is 12.5. The van der Waals surface area contributed by atoms with Gasteiger partial charge in [-0.05, 0) is 24.6 Å². The normalized spacial score (nSPS) is 11.9. The Labute approximate surface area is 134 Å². The Balaban J connectivity index is 2.31. The predicted octanol–water partition coefficient (Wildman–Crippen LogP) is 3.06. The molecule has 2 N–H and O–H groups in total. The predicted molar refractivity (Wildman–Crippen MR) is 86.1 cm³/mol. The first-order chi connectivity index (χ1) is 10.5. The van der Waals surface area contributed by atoms with Gasteiger partial charge in [-0.3, -0.25) is 4.57 Å². The van der Waals surface area contributed by atoms with Crippen molar-refractivity contribution in [1.29, 1.82) is 5.26 Å². The maximum absolute atomic E-state index is 9.29.